The molecule has 2 aromatic rings. The van der Waals surface area contributed by atoms with Gasteiger partial charge in [0.15, 0.2) is 5.21 Å². The quantitative estimate of drug-likeness (QED) is 0.584. The Hall–Kier alpha value is -2.32. The van der Waals surface area contributed by atoms with Crippen molar-refractivity contribution in [1.82, 2.24) is 20.0 Å². The summed E-state index contributed by atoms with van der Waals surface area (Å²) in [4.78, 5) is 14.0. The first-order chi connectivity index (χ1) is 10.3. The lowest BCUT2D eigenvalue weighted by Crippen LogP contribution is -2.43. The zero-order chi connectivity index (χ0) is 14.7. The number of ether oxygens (including phenoxy) is 1. The molecule has 3 rings (SSSR count). The third kappa shape index (κ3) is 2.91. The van der Waals surface area contributed by atoms with Crippen LogP contribution in [0.2, 0.25) is 0 Å². The fourth-order valence-electron chi connectivity index (χ4n) is 2.17. The molecule has 8 heteroatoms. The van der Waals surface area contributed by atoms with E-state index < -0.39 is 0 Å². The lowest BCUT2D eigenvalue weighted by Gasteiger charge is -2.23. The normalized spacial score (nSPS) is 15.2. The van der Waals surface area contributed by atoms with Gasteiger partial charge in [-0.2, -0.15) is 0 Å². The van der Waals surface area contributed by atoms with Gasteiger partial charge in [-0.15, -0.1) is 4.68 Å². The fourth-order valence-corrected chi connectivity index (χ4v) is 2.17. The van der Waals surface area contributed by atoms with E-state index in [1.54, 1.807) is 15.9 Å². The number of hydrogen-bond acceptors (Lipinski definition) is 5. The lowest BCUT2D eigenvalue weighted by molar-refractivity contribution is -0.660. The van der Waals surface area contributed by atoms with Crippen LogP contribution in [0.1, 0.15) is 5.56 Å². The van der Waals surface area contributed by atoms with Crippen molar-refractivity contribution in [3.63, 3.8) is 0 Å². The van der Waals surface area contributed by atoms with E-state index in [9.17, 15) is 4.79 Å². The van der Waals surface area contributed by atoms with Gasteiger partial charge in [0.1, 0.15) is 10.9 Å². The average molecular weight is 289 g/mol. The Kier molecular flexibility index (Phi) is 3.89. The largest absolute Gasteiger partial charge is 0.420 e. The van der Waals surface area contributed by atoms with Crippen LogP contribution in [0.3, 0.4) is 0 Å². The van der Waals surface area contributed by atoms with E-state index in [-0.39, 0.29) is 6.03 Å². The van der Waals surface area contributed by atoms with Gasteiger partial charge in [-0.1, -0.05) is 12.1 Å². The minimum atomic E-state index is -0.195. The number of nitrogens with two attached hydrogens (primary N) is 1. The zero-order valence-electron chi connectivity index (χ0n) is 11.6. The maximum Gasteiger partial charge on any atom is 0.420 e. The molecule has 110 valence electrons. The molecule has 1 aromatic carbocycles. The topological polar surface area (TPSA) is 90.2 Å². The minimum absolute atomic E-state index is 0.195. The van der Waals surface area contributed by atoms with Gasteiger partial charge in [0.05, 0.1) is 13.2 Å². The monoisotopic (exact) mass is 289 g/mol. The van der Waals surface area contributed by atoms with Crippen LogP contribution in [-0.2, 0) is 11.3 Å². The number of carbonyl (C=O) groups excluding carboxylic acids is 1. The highest BCUT2D eigenvalue weighted by Crippen LogP contribution is 2.04. The predicted molar refractivity (Wildman–Crippen MR) is 72.6 cm³/mol. The van der Waals surface area contributed by atoms with E-state index in [1.807, 2.05) is 24.3 Å². The van der Waals surface area contributed by atoms with Crippen LogP contribution in [-0.4, -0.2) is 52.3 Å². The first-order valence-electron chi connectivity index (χ1n) is 6.78. The second-order valence-corrected chi connectivity index (χ2v) is 4.74. The van der Waals surface area contributed by atoms with Crippen molar-refractivity contribution in [1.29, 1.82) is 0 Å². The number of amides is 1. The Morgan fingerprint density at radius 2 is 2.19 bits per heavy atom. The van der Waals surface area contributed by atoms with Crippen LogP contribution in [0.5, 0.6) is 0 Å². The second-order valence-electron chi connectivity index (χ2n) is 4.74. The van der Waals surface area contributed by atoms with E-state index in [0.29, 0.717) is 32.8 Å². The van der Waals surface area contributed by atoms with Gasteiger partial charge in [0.2, 0.25) is 0 Å². The molecule has 1 aromatic heterocycles. The Morgan fingerprint density at radius 1 is 1.38 bits per heavy atom. The molecule has 1 aliphatic rings. The molecule has 0 radical (unpaired) electrons. The molecule has 0 saturated carbocycles. The molecular weight excluding hydrogens is 272 g/mol. The highest BCUT2D eigenvalue weighted by molar-refractivity contribution is 5.75. The maximum atomic E-state index is 12.3. The summed E-state index contributed by atoms with van der Waals surface area (Å²) < 4.78 is 8.02. The summed E-state index contributed by atoms with van der Waals surface area (Å²) in [6.45, 7) is 2.70. The van der Waals surface area contributed by atoms with Crippen LogP contribution in [0.15, 0.2) is 30.6 Å². The number of aromatic nitrogens is 4. The van der Waals surface area contributed by atoms with E-state index in [2.05, 4.69) is 10.4 Å². The Labute approximate surface area is 121 Å². The highest BCUT2D eigenvalue weighted by Gasteiger charge is 2.25. The van der Waals surface area contributed by atoms with Gasteiger partial charge in [-0.25, -0.2) is 4.79 Å². The van der Waals surface area contributed by atoms with Crippen molar-refractivity contribution in [3.8, 4) is 5.69 Å². The number of rotatable bonds is 2. The van der Waals surface area contributed by atoms with Crippen molar-refractivity contribution in [2.24, 2.45) is 5.73 Å². The van der Waals surface area contributed by atoms with Gasteiger partial charge >= 0.3 is 6.03 Å². The van der Waals surface area contributed by atoms with Gasteiger partial charge in [-0.3, -0.25) is 0 Å². The number of morpholine rings is 1. The van der Waals surface area contributed by atoms with E-state index >= 15 is 0 Å². The third-order valence-electron chi connectivity index (χ3n) is 3.34. The summed E-state index contributed by atoms with van der Waals surface area (Å²) in [5.41, 5.74) is 7.44. The second kappa shape index (κ2) is 5.98. The zero-order valence-corrected chi connectivity index (χ0v) is 11.6. The number of benzene rings is 1. The Morgan fingerprint density at radius 3 is 2.95 bits per heavy atom. The van der Waals surface area contributed by atoms with Crippen molar-refractivity contribution in [3.05, 3.63) is 36.2 Å². The number of tetrazole rings is 1. The molecular formula is C13H17N6O2+. The molecule has 8 nitrogen and oxygen atoms in total. The van der Waals surface area contributed by atoms with Gasteiger partial charge in [0, 0.05) is 19.6 Å². The Balaban J connectivity index is 1.80. The summed E-state index contributed by atoms with van der Waals surface area (Å²) in [5.74, 6) is 0. The summed E-state index contributed by atoms with van der Waals surface area (Å²) >= 11 is 0. The van der Waals surface area contributed by atoms with E-state index in [0.717, 1.165) is 11.3 Å². The lowest BCUT2D eigenvalue weighted by atomic mass is 10.2. The molecule has 2 N–H and O–H groups in total. The number of carbonyl (C=O) groups is 1. The molecule has 0 unspecified atom stereocenters. The van der Waals surface area contributed by atoms with Gasteiger partial charge in [-0.05, 0) is 22.4 Å². The van der Waals surface area contributed by atoms with Crippen LogP contribution in [0.25, 0.3) is 5.69 Å². The van der Waals surface area contributed by atoms with E-state index in [4.69, 9.17) is 10.5 Å². The maximum absolute atomic E-state index is 12.3. The van der Waals surface area contributed by atoms with Crippen LogP contribution in [0, 0.1) is 0 Å². The van der Waals surface area contributed by atoms with Gasteiger partial charge < -0.3 is 15.4 Å². The molecule has 21 heavy (non-hydrogen) atoms. The minimum Gasteiger partial charge on any atom is -0.378 e. The van der Waals surface area contributed by atoms with Crippen molar-refractivity contribution < 1.29 is 14.2 Å². The highest BCUT2D eigenvalue weighted by atomic mass is 16.5. The first kappa shape index (κ1) is 13.7. The first-order valence-corrected chi connectivity index (χ1v) is 6.78. The van der Waals surface area contributed by atoms with Crippen molar-refractivity contribution in [2.45, 2.75) is 6.54 Å². The fraction of sp³-hybridized carbons (Fsp3) is 0.385. The molecule has 1 amide bonds. The average Bonchev–Trinajstić information content (AvgIpc) is 3.05. The molecule has 0 aliphatic carbocycles. The predicted octanol–water partition coefficient (Wildman–Crippen LogP) is -0.686. The molecule has 2 heterocycles. The summed E-state index contributed by atoms with van der Waals surface area (Å²) in [6.07, 6.45) is 1.56. The van der Waals surface area contributed by atoms with Crippen LogP contribution in [0.4, 0.5) is 4.79 Å². The summed E-state index contributed by atoms with van der Waals surface area (Å²) in [5, 5.41) is 7.88. The van der Waals surface area contributed by atoms with Crippen molar-refractivity contribution >= 4 is 6.03 Å². The van der Waals surface area contributed by atoms with Crippen LogP contribution >= 0.6 is 0 Å². The van der Waals surface area contributed by atoms with Gasteiger partial charge in [0.25, 0.3) is 6.33 Å². The molecule has 1 saturated heterocycles. The Bertz CT molecular complexity index is 635. The molecule has 1 fully saturated rings. The SMILES string of the molecule is NCc1cccc(-[n+]2cn(C(=O)N3CCOCC3)nn2)c1. The number of nitrogens with zero attached hydrogens (tertiary/aromatic N) is 5. The smallest absolute Gasteiger partial charge is 0.378 e. The van der Waals surface area contributed by atoms with E-state index in [1.165, 1.54) is 4.68 Å². The molecule has 0 atom stereocenters. The number of hydrogen-bond donors (Lipinski definition) is 1. The summed E-state index contributed by atoms with van der Waals surface area (Å²) in [6, 6.07) is 7.44. The third-order valence-corrected chi connectivity index (χ3v) is 3.34. The molecule has 0 bridgehead atoms. The van der Waals surface area contributed by atoms with Crippen LogP contribution < -0.4 is 10.4 Å². The molecule has 0 spiro atoms. The summed E-state index contributed by atoms with van der Waals surface area (Å²) in [7, 11) is 0. The van der Waals surface area contributed by atoms with Crippen molar-refractivity contribution in [2.75, 3.05) is 26.3 Å². The molecule has 1 aliphatic heterocycles. The standard InChI is InChI=1S/C13H17N6O2/c14-9-11-2-1-3-12(8-11)18-10-19(16-15-18)13(20)17-4-6-21-7-5-17/h1-3,8,10H,4-7,9,14H2/q+1.